The van der Waals surface area contributed by atoms with Gasteiger partial charge in [0.1, 0.15) is 0 Å². The summed E-state index contributed by atoms with van der Waals surface area (Å²) in [4.78, 5) is 11.6. The van der Waals surface area contributed by atoms with Gasteiger partial charge < -0.3 is 14.2 Å². The van der Waals surface area contributed by atoms with E-state index in [-0.39, 0.29) is 17.3 Å². The van der Waals surface area contributed by atoms with Crippen LogP contribution < -0.4 is 0 Å². The van der Waals surface area contributed by atoms with Gasteiger partial charge in [0, 0.05) is 18.8 Å². The molecule has 2 aliphatic heterocycles. The normalized spacial score (nSPS) is 43.0. The van der Waals surface area contributed by atoms with Gasteiger partial charge in [-0.2, -0.15) is 0 Å². The molecule has 3 rings (SSSR count). The maximum absolute atomic E-state index is 11.6. The van der Waals surface area contributed by atoms with Gasteiger partial charge in [-0.05, 0) is 13.3 Å². The standard InChI is InChI=1S/C11H16O4/c1-10-2-3-11(14-4-5-15-11)6-8(10)7-13-9(10)12/h8H,2-7H2,1H3/t8-,10-/m1/s1. The van der Waals surface area contributed by atoms with Crippen molar-refractivity contribution in [1.29, 1.82) is 0 Å². The molecule has 4 nitrogen and oxygen atoms in total. The summed E-state index contributed by atoms with van der Waals surface area (Å²) in [6.07, 6.45) is 2.43. The van der Waals surface area contributed by atoms with Crippen LogP contribution in [0.2, 0.25) is 0 Å². The molecule has 0 radical (unpaired) electrons. The maximum atomic E-state index is 11.6. The van der Waals surface area contributed by atoms with E-state index in [0.29, 0.717) is 19.8 Å². The minimum absolute atomic E-state index is 0.0413. The second kappa shape index (κ2) is 2.95. The van der Waals surface area contributed by atoms with Crippen molar-refractivity contribution < 1.29 is 19.0 Å². The first kappa shape index (κ1) is 9.60. The van der Waals surface area contributed by atoms with Gasteiger partial charge in [0.05, 0.1) is 25.2 Å². The Kier molecular flexibility index (Phi) is 1.89. The first-order valence-electron chi connectivity index (χ1n) is 5.60. The molecule has 2 heterocycles. The van der Waals surface area contributed by atoms with Crippen LogP contribution in [0.5, 0.6) is 0 Å². The van der Waals surface area contributed by atoms with Crippen LogP contribution in [0.1, 0.15) is 26.2 Å². The van der Waals surface area contributed by atoms with Crippen LogP contribution in [0.25, 0.3) is 0 Å². The molecule has 0 amide bonds. The molecular formula is C11H16O4. The molecule has 2 atom stereocenters. The fourth-order valence-corrected chi connectivity index (χ4v) is 2.97. The largest absolute Gasteiger partial charge is 0.465 e. The van der Waals surface area contributed by atoms with Gasteiger partial charge in [-0.3, -0.25) is 4.79 Å². The number of cyclic esters (lactones) is 1. The van der Waals surface area contributed by atoms with Crippen LogP contribution in [0.3, 0.4) is 0 Å². The fourth-order valence-electron chi connectivity index (χ4n) is 2.97. The third-order valence-electron chi connectivity index (χ3n) is 4.18. The smallest absolute Gasteiger partial charge is 0.312 e. The Morgan fingerprint density at radius 3 is 2.73 bits per heavy atom. The average Bonchev–Trinajstić information content (AvgIpc) is 2.78. The van der Waals surface area contributed by atoms with E-state index in [2.05, 4.69) is 0 Å². The Hall–Kier alpha value is -0.610. The Bertz CT molecular complexity index is 295. The van der Waals surface area contributed by atoms with Gasteiger partial charge in [-0.15, -0.1) is 0 Å². The van der Waals surface area contributed by atoms with E-state index in [1.807, 2.05) is 6.92 Å². The molecule has 0 bridgehead atoms. The third kappa shape index (κ3) is 1.24. The lowest BCUT2D eigenvalue weighted by Gasteiger charge is -2.41. The molecule has 1 aliphatic carbocycles. The number of hydrogen-bond donors (Lipinski definition) is 0. The predicted molar refractivity (Wildman–Crippen MR) is 51.0 cm³/mol. The molecule has 4 heteroatoms. The predicted octanol–water partition coefficient (Wildman–Crippen LogP) is 1.09. The molecule has 1 spiro atoms. The van der Waals surface area contributed by atoms with Crippen molar-refractivity contribution in [1.82, 2.24) is 0 Å². The van der Waals surface area contributed by atoms with Gasteiger partial charge in [0.2, 0.25) is 0 Å². The molecule has 0 N–H and O–H groups in total. The quantitative estimate of drug-likeness (QED) is 0.564. The topological polar surface area (TPSA) is 44.8 Å². The van der Waals surface area contributed by atoms with E-state index in [9.17, 15) is 4.79 Å². The highest BCUT2D eigenvalue weighted by atomic mass is 16.7. The molecule has 0 unspecified atom stereocenters. The number of esters is 1. The van der Waals surface area contributed by atoms with Crippen LogP contribution in [0.4, 0.5) is 0 Å². The highest BCUT2D eigenvalue weighted by Crippen LogP contribution is 2.51. The monoisotopic (exact) mass is 212 g/mol. The molecule has 2 saturated heterocycles. The van der Waals surface area contributed by atoms with E-state index in [1.54, 1.807) is 0 Å². The average molecular weight is 212 g/mol. The minimum atomic E-state index is -0.405. The fraction of sp³-hybridized carbons (Fsp3) is 0.909. The highest BCUT2D eigenvalue weighted by Gasteiger charge is 2.57. The molecule has 0 aromatic rings. The van der Waals surface area contributed by atoms with Crippen LogP contribution in [-0.2, 0) is 19.0 Å². The lowest BCUT2D eigenvalue weighted by molar-refractivity contribution is -0.200. The van der Waals surface area contributed by atoms with E-state index < -0.39 is 5.79 Å². The highest BCUT2D eigenvalue weighted by molar-refractivity contribution is 5.79. The first-order valence-corrected chi connectivity index (χ1v) is 5.60. The van der Waals surface area contributed by atoms with E-state index in [0.717, 1.165) is 19.3 Å². The lowest BCUT2D eigenvalue weighted by atomic mass is 9.67. The van der Waals surface area contributed by atoms with Crippen molar-refractivity contribution in [2.75, 3.05) is 19.8 Å². The van der Waals surface area contributed by atoms with Crippen LogP contribution in [-0.4, -0.2) is 31.6 Å². The Morgan fingerprint density at radius 2 is 2.00 bits per heavy atom. The zero-order valence-electron chi connectivity index (χ0n) is 8.95. The Labute approximate surface area is 88.9 Å². The number of carbonyl (C=O) groups is 1. The summed E-state index contributed by atoms with van der Waals surface area (Å²) in [5.41, 5.74) is -0.291. The van der Waals surface area contributed by atoms with Gasteiger partial charge in [0.15, 0.2) is 5.79 Å². The minimum Gasteiger partial charge on any atom is -0.465 e. The number of carbonyl (C=O) groups excluding carboxylic acids is 1. The molecule has 84 valence electrons. The van der Waals surface area contributed by atoms with E-state index >= 15 is 0 Å². The summed E-state index contributed by atoms with van der Waals surface area (Å²) in [5, 5.41) is 0. The lowest BCUT2D eigenvalue weighted by Crippen LogP contribution is -2.45. The first-order chi connectivity index (χ1) is 7.15. The van der Waals surface area contributed by atoms with E-state index in [4.69, 9.17) is 14.2 Å². The van der Waals surface area contributed by atoms with Gasteiger partial charge in [-0.1, -0.05) is 0 Å². The Morgan fingerprint density at radius 1 is 1.27 bits per heavy atom. The van der Waals surface area contributed by atoms with Crippen LogP contribution in [0, 0.1) is 11.3 Å². The third-order valence-corrected chi connectivity index (χ3v) is 4.18. The number of rotatable bonds is 0. The summed E-state index contributed by atoms with van der Waals surface area (Å²) < 4.78 is 16.5. The zero-order valence-corrected chi connectivity index (χ0v) is 8.95. The molecule has 1 saturated carbocycles. The van der Waals surface area contributed by atoms with Crippen molar-refractivity contribution in [2.24, 2.45) is 11.3 Å². The number of ether oxygens (including phenoxy) is 3. The maximum Gasteiger partial charge on any atom is 0.312 e. The molecule has 3 aliphatic rings. The van der Waals surface area contributed by atoms with Crippen molar-refractivity contribution in [3.05, 3.63) is 0 Å². The second-order valence-electron chi connectivity index (χ2n) is 5.02. The molecular weight excluding hydrogens is 196 g/mol. The van der Waals surface area contributed by atoms with Crippen molar-refractivity contribution in [3.63, 3.8) is 0 Å². The summed E-state index contributed by atoms with van der Waals surface area (Å²) in [5.74, 6) is -0.185. The van der Waals surface area contributed by atoms with Gasteiger partial charge in [0.25, 0.3) is 0 Å². The number of fused-ring (bicyclic) bond motifs is 1. The van der Waals surface area contributed by atoms with Crippen LogP contribution in [0.15, 0.2) is 0 Å². The SMILES string of the molecule is C[C@@]12CCC3(C[C@@H]1COC2=O)OCCO3. The zero-order chi connectivity index (χ0) is 10.5. The van der Waals surface area contributed by atoms with Crippen LogP contribution >= 0.6 is 0 Å². The molecule has 3 fully saturated rings. The van der Waals surface area contributed by atoms with Crippen molar-refractivity contribution in [3.8, 4) is 0 Å². The summed E-state index contributed by atoms with van der Waals surface area (Å²) in [6.45, 7) is 3.90. The van der Waals surface area contributed by atoms with Crippen molar-refractivity contribution >= 4 is 5.97 Å². The summed E-state index contributed by atoms with van der Waals surface area (Å²) >= 11 is 0. The molecule has 0 aromatic heterocycles. The molecule has 15 heavy (non-hydrogen) atoms. The summed E-state index contributed by atoms with van der Waals surface area (Å²) in [6, 6.07) is 0. The second-order valence-corrected chi connectivity index (χ2v) is 5.02. The van der Waals surface area contributed by atoms with Gasteiger partial charge in [-0.25, -0.2) is 0 Å². The van der Waals surface area contributed by atoms with Gasteiger partial charge >= 0.3 is 5.97 Å². The summed E-state index contributed by atoms with van der Waals surface area (Å²) in [7, 11) is 0. The number of hydrogen-bond acceptors (Lipinski definition) is 4. The van der Waals surface area contributed by atoms with E-state index in [1.165, 1.54) is 0 Å². The Balaban J connectivity index is 1.82. The molecule has 0 aromatic carbocycles. The van der Waals surface area contributed by atoms with Crippen molar-refractivity contribution in [2.45, 2.75) is 32.0 Å².